The Morgan fingerprint density at radius 2 is 0.500 bits per heavy atom. The summed E-state index contributed by atoms with van der Waals surface area (Å²) in [6.45, 7) is 13.6. The lowest BCUT2D eigenvalue weighted by molar-refractivity contribution is 0.590. The first-order valence-electron chi connectivity index (χ1n) is 20.0. The average molecular weight is 719 g/mol. The molecule has 0 atom stereocenters. The molecule has 0 unspecified atom stereocenters. The summed E-state index contributed by atoms with van der Waals surface area (Å²) < 4.78 is 0. The Balaban J connectivity index is 1.18. The van der Waals surface area contributed by atoms with Crippen molar-refractivity contribution in [3.8, 4) is 44.5 Å². The molecule has 0 radical (unpaired) electrons. The van der Waals surface area contributed by atoms with Crippen LogP contribution in [0, 0.1) is 0 Å². The zero-order valence-electron chi connectivity index (χ0n) is 33.2. The summed E-state index contributed by atoms with van der Waals surface area (Å²) in [5, 5.41) is 13.2. The van der Waals surface area contributed by atoms with Gasteiger partial charge in [-0.2, -0.15) is 0 Å². The summed E-state index contributed by atoms with van der Waals surface area (Å²) in [4.78, 5) is 0. The van der Waals surface area contributed by atoms with Crippen LogP contribution in [0.5, 0.6) is 0 Å². The van der Waals surface area contributed by atoms with Gasteiger partial charge in [0.25, 0.3) is 0 Å². The number of benzene rings is 10. The number of hydrogen-bond acceptors (Lipinski definition) is 0. The van der Waals surface area contributed by atoms with Crippen molar-refractivity contribution in [1.29, 1.82) is 0 Å². The van der Waals surface area contributed by atoms with Gasteiger partial charge in [-0.15, -0.1) is 0 Å². The van der Waals surface area contributed by atoms with Gasteiger partial charge in [0.15, 0.2) is 0 Å². The molecular formula is C56H46. The van der Waals surface area contributed by atoms with Gasteiger partial charge < -0.3 is 0 Å². The van der Waals surface area contributed by atoms with E-state index in [9.17, 15) is 0 Å². The first-order valence-corrected chi connectivity index (χ1v) is 20.0. The highest BCUT2D eigenvalue weighted by Gasteiger charge is 2.22. The van der Waals surface area contributed by atoms with Gasteiger partial charge >= 0.3 is 0 Å². The van der Waals surface area contributed by atoms with Crippen LogP contribution in [0.25, 0.3) is 98.4 Å². The second kappa shape index (κ2) is 12.7. The Bertz CT molecular complexity index is 2860. The van der Waals surface area contributed by atoms with Crippen molar-refractivity contribution >= 4 is 53.9 Å². The fourth-order valence-corrected chi connectivity index (χ4v) is 9.10. The van der Waals surface area contributed by atoms with Crippen LogP contribution in [0.4, 0.5) is 0 Å². The molecule has 0 aromatic heterocycles. The molecule has 0 fully saturated rings. The largest absolute Gasteiger partial charge is 0.0616 e. The van der Waals surface area contributed by atoms with Crippen LogP contribution in [-0.4, -0.2) is 0 Å². The molecule has 0 saturated carbocycles. The molecule has 0 aliphatic heterocycles. The topological polar surface area (TPSA) is 0 Å². The molecule has 0 saturated heterocycles. The predicted molar refractivity (Wildman–Crippen MR) is 244 cm³/mol. The van der Waals surface area contributed by atoms with E-state index in [0.717, 1.165) is 0 Å². The second-order valence-electron chi connectivity index (χ2n) is 17.7. The highest BCUT2D eigenvalue weighted by molar-refractivity contribution is 6.43. The molecule has 10 aromatic rings. The van der Waals surface area contributed by atoms with E-state index in [-0.39, 0.29) is 10.8 Å². The van der Waals surface area contributed by atoms with Crippen molar-refractivity contribution < 1.29 is 0 Å². The summed E-state index contributed by atoms with van der Waals surface area (Å²) in [6, 6.07) is 64.1. The van der Waals surface area contributed by atoms with Crippen molar-refractivity contribution in [3.63, 3.8) is 0 Å². The molecule has 0 heteroatoms. The highest BCUT2D eigenvalue weighted by atomic mass is 14.2. The van der Waals surface area contributed by atoms with Crippen molar-refractivity contribution in [2.75, 3.05) is 0 Å². The van der Waals surface area contributed by atoms with Crippen LogP contribution in [0.1, 0.15) is 52.7 Å². The Kier molecular flexibility index (Phi) is 7.74. The molecular weight excluding hydrogens is 673 g/mol. The minimum Gasteiger partial charge on any atom is -0.0616 e. The zero-order valence-corrected chi connectivity index (χ0v) is 33.2. The molecule has 270 valence electrons. The van der Waals surface area contributed by atoms with E-state index in [0.29, 0.717) is 0 Å². The third-order valence-electron chi connectivity index (χ3n) is 12.2. The van der Waals surface area contributed by atoms with E-state index in [1.165, 1.54) is 109 Å². The Morgan fingerprint density at radius 1 is 0.232 bits per heavy atom. The third-order valence-corrected chi connectivity index (χ3v) is 12.2. The summed E-state index contributed by atoms with van der Waals surface area (Å²) in [5.74, 6) is 0. The Morgan fingerprint density at radius 3 is 0.821 bits per heavy atom. The first kappa shape index (κ1) is 34.3. The lowest BCUT2D eigenvalue weighted by atomic mass is 9.81. The smallest absolute Gasteiger partial charge is 0.000741 e. The van der Waals surface area contributed by atoms with Crippen LogP contribution < -0.4 is 0 Å². The van der Waals surface area contributed by atoms with Crippen LogP contribution in [0.15, 0.2) is 170 Å². The summed E-state index contributed by atoms with van der Waals surface area (Å²) in [6.07, 6.45) is 0. The van der Waals surface area contributed by atoms with E-state index in [2.05, 4.69) is 211 Å². The maximum atomic E-state index is 2.37. The molecule has 0 heterocycles. The molecule has 0 spiro atoms. The fourth-order valence-electron chi connectivity index (χ4n) is 9.10. The van der Waals surface area contributed by atoms with Gasteiger partial charge in [0.2, 0.25) is 0 Å². The van der Waals surface area contributed by atoms with Crippen LogP contribution in [0.3, 0.4) is 0 Å². The van der Waals surface area contributed by atoms with Gasteiger partial charge in [-0.05, 0) is 120 Å². The number of hydrogen-bond donors (Lipinski definition) is 0. The molecule has 0 N–H and O–H groups in total. The minimum absolute atomic E-state index is 0.135. The second-order valence-corrected chi connectivity index (χ2v) is 17.7. The van der Waals surface area contributed by atoms with Crippen LogP contribution in [0.2, 0.25) is 0 Å². The van der Waals surface area contributed by atoms with Crippen molar-refractivity contribution in [1.82, 2.24) is 0 Å². The van der Waals surface area contributed by atoms with Gasteiger partial charge in [-0.1, -0.05) is 211 Å². The summed E-state index contributed by atoms with van der Waals surface area (Å²) >= 11 is 0. The average Bonchev–Trinajstić information content (AvgIpc) is 3.22. The van der Waals surface area contributed by atoms with Gasteiger partial charge in [-0.25, -0.2) is 0 Å². The van der Waals surface area contributed by atoms with Gasteiger partial charge in [0.05, 0.1) is 0 Å². The molecule has 10 rings (SSSR count). The van der Waals surface area contributed by atoms with Gasteiger partial charge in [-0.3, -0.25) is 0 Å². The van der Waals surface area contributed by atoms with Gasteiger partial charge in [0, 0.05) is 0 Å². The third kappa shape index (κ3) is 5.50. The minimum atomic E-state index is 0.135. The molecule has 56 heavy (non-hydrogen) atoms. The standard InChI is InChI=1S/C56H46/c1-55(2,3)41-27-23-37(24-28-41)35-15-19-39(20-16-35)43-31-33-49-46-12-8-10-14-48(46)52-44(32-34-50-45-11-7-9-13-47(45)51(43)53(49)54(50)52)40-21-17-36(18-22-40)38-25-29-42(30-26-38)56(4,5)6/h7-34H,1-6H3. The zero-order chi connectivity index (χ0) is 38.3. The van der Waals surface area contributed by atoms with Crippen molar-refractivity contribution in [2.24, 2.45) is 0 Å². The van der Waals surface area contributed by atoms with E-state index < -0.39 is 0 Å². The molecule has 0 aliphatic carbocycles. The SMILES string of the molecule is CC(C)(C)c1ccc(-c2ccc(-c3ccc4c5ccccc5c5c(-c6ccc(-c7ccc(C(C)(C)C)cc7)cc6)ccc6c7ccccc7c3c4c65)cc2)cc1. The molecule has 10 aromatic carbocycles. The van der Waals surface area contributed by atoms with E-state index in [1.54, 1.807) is 0 Å². The molecule has 0 amide bonds. The Hall–Kier alpha value is -6.24. The fraction of sp³-hybridized carbons (Fsp3) is 0.143. The summed E-state index contributed by atoms with van der Waals surface area (Å²) in [5.41, 5.74) is 13.0. The molecule has 0 aliphatic rings. The highest BCUT2D eigenvalue weighted by Crippen LogP contribution is 2.50. The van der Waals surface area contributed by atoms with E-state index in [4.69, 9.17) is 0 Å². The lowest BCUT2D eigenvalue weighted by Crippen LogP contribution is -2.10. The molecule has 0 bridgehead atoms. The van der Waals surface area contributed by atoms with Gasteiger partial charge in [0.1, 0.15) is 0 Å². The van der Waals surface area contributed by atoms with Crippen molar-refractivity contribution in [3.05, 3.63) is 181 Å². The van der Waals surface area contributed by atoms with Crippen LogP contribution >= 0.6 is 0 Å². The number of fused-ring (bicyclic) bond motifs is 6. The van der Waals surface area contributed by atoms with E-state index >= 15 is 0 Å². The first-order chi connectivity index (χ1) is 27.0. The Labute approximate surface area is 330 Å². The molecule has 0 nitrogen and oxygen atoms in total. The predicted octanol–water partition coefficient (Wildman–Crippen LogP) is 16.2. The normalized spacial score (nSPS) is 12.5. The van der Waals surface area contributed by atoms with Crippen molar-refractivity contribution in [2.45, 2.75) is 52.4 Å². The van der Waals surface area contributed by atoms with E-state index in [1.807, 2.05) is 0 Å². The monoisotopic (exact) mass is 718 g/mol. The number of rotatable bonds is 4. The quantitative estimate of drug-likeness (QED) is 0.126. The lowest BCUT2D eigenvalue weighted by Gasteiger charge is -2.22. The summed E-state index contributed by atoms with van der Waals surface area (Å²) in [7, 11) is 0. The maximum absolute atomic E-state index is 2.37. The maximum Gasteiger partial charge on any atom is -0.000741 e. The van der Waals surface area contributed by atoms with Crippen LogP contribution in [-0.2, 0) is 10.8 Å².